The van der Waals surface area contributed by atoms with E-state index >= 15 is 8.78 Å². The number of aliphatic hydroxyl groups is 1. The van der Waals surface area contributed by atoms with Crippen LogP contribution in [-0.4, -0.2) is 178 Å². The Morgan fingerprint density at radius 2 is 0.526 bits per heavy atom. The maximum Gasteiger partial charge on any atom is 0.306 e. The number of carbonyl (C=O) groups excluding carboxylic acids is 4. The van der Waals surface area contributed by atoms with Crippen LogP contribution in [0.5, 0.6) is 0 Å². The summed E-state index contributed by atoms with van der Waals surface area (Å²) in [4.78, 5) is 50.8. The minimum Gasteiger partial charge on any atom is -0.457 e. The molecule has 0 aromatic heterocycles. The maximum atomic E-state index is 16.7. The highest BCUT2D eigenvalue weighted by atomic mass is 32.2. The van der Waals surface area contributed by atoms with Gasteiger partial charge in [0.25, 0.3) is 0 Å². The third-order valence-electron chi connectivity index (χ3n) is 23.3. The summed E-state index contributed by atoms with van der Waals surface area (Å²) in [7, 11) is 3.05. The second-order valence-electron chi connectivity index (χ2n) is 33.3. The van der Waals surface area contributed by atoms with Crippen LogP contribution < -0.4 is 10.6 Å². The number of ether oxygens (including phenoxy) is 17. The number of hydrogen-bond acceptors (Lipinski definition) is 23. The number of aliphatic hydroxyl groups excluding tert-OH is 1. The fourth-order valence-corrected chi connectivity index (χ4v) is 17.1. The molecule has 724 valence electrons. The average Bonchev–Trinajstić information content (AvgIpc) is 0.794. The molecule has 4 saturated heterocycles. The average molecular weight is 1890 g/mol. The summed E-state index contributed by atoms with van der Waals surface area (Å²) in [5.41, 5.74) is 8.81. The normalized spacial score (nSPS) is 24.5. The zero-order valence-corrected chi connectivity index (χ0v) is 78.1. The first kappa shape index (κ1) is 103. The van der Waals surface area contributed by atoms with E-state index in [-0.39, 0.29) is 97.0 Å². The SMILES string of the molecule is CNC(=O)CCC(=O)O[C@@H]1C(C)OC(OC[C@@H]2O[C@H](F)C(OCc3ccccc3)C(OCc3ccccc3)[C@@H]2OCc2ccccc2)C(OCc2ccccc2)[C@H]1OCc1ccccc1.CNC(=O)CCC(=O)O[C@@H]1C(C)O[C@H](Sc2ccccc2)C(OCc2ccccc2)[C@H]1OCc1ccccc1.OCC1O[C@H](F)C(OCc2ccccc2)[C@H](OCc2ccccc2)[C@H]1OCc1ccccc1. The first-order chi connectivity index (χ1) is 67.1. The lowest BCUT2D eigenvalue weighted by Crippen LogP contribution is -2.62. The summed E-state index contributed by atoms with van der Waals surface area (Å²) in [5, 5.41) is 15.0. The Labute approximate surface area is 804 Å². The molecule has 137 heavy (non-hydrogen) atoms. The van der Waals surface area contributed by atoms with Crippen molar-refractivity contribution in [3.63, 3.8) is 0 Å². The van der Waals surface area contributed by atoms with Crippen LogP contribution in [0.4, 0.5) is 8.78 Å². The standard InChI is InChI=1S/C52H58FNO11.C31H35NO6S.C27H29FO5/c1-36-45(65-44(56)29-28-43(55)54-2)47(58-31-38-20-10-4-11-21-38)50(61-34-41-26-16-7-17-27-41)52(63-36)62-35-42-46(57-30-37-18-8-3-9-19-37)48(59-32-39-22-12-5-13-23-39)49(51(53)64-42)60-33-40-24-14-6-15-25-40;1-22-28(38-27(34)19-18-26(33)32-2)29(35-20-23-12-6-3-7-13-23)30(36-21-24-14-8-4-9-15-24)31(37-22)39-25-16-10-5-11-17-25;28-27-26(32-19-22-14-8-3-9-15-22)25(31-18-21-12-6-2-7-13-21)24(23(16-29)33-27)30-17-20-10-4-1-5-11-20/h3-27,36,42,45-52H,28-35H2,1-2H3,(H,54,55);3-17,22,28-31H,18-21H2,1-2H3,(H,32,33);1-15,23-27,29H,16-19H2/t36?,42-,45+,46+,47-,48?,49?,50?,51-,52?;22?,28-,29+,30?,31-;23?,24-,25+,26?,27-/m010/s1. The maximum absolute atomic E-state index is 16.7. The van der Waals surface area contributed by atoms with Crippen molar-refractivity contribution in [2.75, 3.05) is 27.3 Å². The highest BCUT2D eigenvalue weighted by Gasteiger charge is 2.54. The molecule has 11 aromatic rings. The van der Waals surface area contributed by atoms with E-state index < -0.39 is 141 Å². The number of halogens is 2. The number of esters is 2. The van der Waals surface area contributed by atoms with Gasteiger partial charge in [-0.05, 0) is 81.6 Å². The van der Waals surface area contributed by atoms with Crippen molar-refractivity contribution >= 4 is 35.5 Å². The minimum absolute atomic E-state index is 0.0357. The minimum atomic E-state index is -1.93. The predicted molar refractivity (Wildman–Crippen MR) is 510 cm³/mol. The summed E-state index contributed by atoms with van der Waals surface area (Å²) >= 11 is 1.55. The van der Waals surface area contributed by atoms with Crippen molar-refractivity contribution in [1.29, 1.82) is 0 Å². The molecule has 4 aliphatic heterocycles. The van der Waals surface area contributed by atoms with E-state index in [9.17, 15) is 24.3 Å². The number of alkyl halides is 2. The van der Waals surface area contributed by atoms with Crippen molar-refractivity contribution in [3.05, 3.63) is 389 Å². The molecule has 24 nitrogen and oxygen atoms in total. The molecule has 15 rings (SSSR count). The van der Waals surface area contributed by atoms with E-state index in [1.54, 1.807) is 18.7 Å². The van der Waals surface area contributed by atoms with Gasteiger partial charge in [-0.3, -0.25) is 19.2 Å². The first-order valence-electron chi connectivity index (χ1n) is 46.3. The largest absolute Gasteiger partial charge is 0.457 e. The molecule has 27 heteroatoms. The molecule has 4 heterocycles. The Bertz CT molecular complexity index is 5240. The van der Waals surface area contributed by atoms with E-state index in [1.165, 1.54) is 14.1 Å². The van der Waals surface area contributed by atoms with E-state index in [4.69, 9.17) is 80.5 Å². The molecule has 0 saturated carbocycles. The Morgan fingerprint density at radius 1 is 0.285 bits per heavy atom. The van der Waals surface area contributed by atoms with Gasteiger partial charge in [0.05, 0.1) is 104 Å². The molecule has 4 aliphatic rings. The van der Waals surface area contributed by atoms with Gasteiger partial charge in [0.2, 0.25) is 24.5 Å². The summed E-state index contributed by atoms with van der Waals surface area (Å²) < 4.78 is 139. The smallest absolute Gasteiger partial charge is 0.306 e. The quantitative estimate of drug-likeness (QED) is 0.0299. The fourth-order valence-electron chi connectivity index (χ4n) is 16.0. The van der Waals surface area contributed by atoms with Crippen LogP contribution in [0.15, 0.2) is 339 Å². The number of amides is 2. The van der Waals surface area contributed by atoms with Gasteiger partial charge in [-0.2, -0.15) is 0 Å². The molecule has 3 N–H and O–H groups in total. The molecule has 0 aliphatic carbocycles. The molecular formula is C110H122F2N2O22S. The number of thioether (sulfide) groups is 1. The number of carbonyl (C=O) groups is 4. The molecule has 11 aromatic carbocycles. The third kappa shape index (κ3) is 32.8. The molecule has 0 bridgehead atoms. The van der Waals surface area contributed by atoms with Gasteiger partial charge in [-0.1, -0.05) is 333 Å². The zero-order valence-electron chi connectivity index (χ0n) is 77.3. The summed E-state index contributed by atoms with van der Waals surface area (Å²) in [6.07, 6.45) is -18.4. The molecule has 20 atom stereocenters. The number of hydrogen-bond donors (Lipinski definition) is 3. The topological polar surface area (TPSA) is 269 Å². The van der Waals surface area contributed by atoms with Crippen LogP contribution >= 0.6 is 11.8 Å². The number of rotatable bonds is 44. The highest BCUT2D eigenvalue weighted by Crippen LogP contribution is 2.40. The van der Waals surface area contributed by atoms with Gasteiger partial charge in [-0.25, -0.2) is 8.78 Å². The molecular weight excluding hydrogens is 1770 g/mol. The lowest BCUT2D eigenvalue weighted by Gasteiger charge is -2.46. The van der Waals surface area contributed by atoms with Gasteiger partial charge in [0, 0.05) is 31.8 Å². The zero-order chi connectivity index (χ0) is 95.6. The van der Waals surface area contributed by atoms with Crippen molar-refractivity contribution < 1.29 is 114 Å². The van der Waals surface area contributed by atoms with Crippen LogP contribution in [0, 0.1) is 0 Å². The van der Waals surface area contributed by atoms with E-state index in [0.717, 1.165) is 60.5 Å². The molecule has 9 unspecified atom stereocenters. The Balaban J connectivity index is 0.000000187. The van der Waals surface area contributed by atoms with E-state index in [1.807, 2.05) is 341 Å². The van der Waals surface area contributed by atoms with Gasteiger partial charge in [-0.15, -0.1) is 0 Å². The van der Waals surface area contributed by atoms with Gasteiger partial charge in [0.1, 0.15) is 78.7 Å². The molecule has 0 spiro atoms. The van der Waals surface area contributed by atoms with Crippen LogP contribution in [0.1, 0.15) is 95.2 Å². The summed E-state index contributed by atoms with van der Waals surface area (Å²) in [6.45, 7) is 5.14. The second kappa shape index (κ2) is 56.1. The van der Waals surface area contributed by atoms with Crippen LogP contribution in [0.2, 0.25) is 0 Å². The Kier molecular flexibility index (Phi) is 42.3. The van der Waals surface area contributed by atoms with Crippen LogP contribution in [0.3, 0.4) is 0 Å². The van der Waals surface area contributed by atoms with Gasteiger partial charge in [0.15, 0.2) is 18.5 Å². The van der Waals surface area contributed by atoms with E-state index in [2.05, 4.69) is 10.6 Å². The molecule has 4 fully saturated rings. The first-order valence-corrected chi connectivity index (χ1v) is 47.2. The van der Waals surface area contributed by atoms with Crippen molar-refractivity contribution in [2.24, 2.45) is 0 Å². The molecule has 0 radical (unpaired) electrons. The van der Waals surface area contributed by atoms with Gasteiger partial charge >= 0.3 is 11.9 Å². The van der Waals surface area contributed by atoms with Crippen molar-refractivity contribution in [1.82, 2.24) is 10.6 Å². The highest BCUT2D eigenvalue weighted by molar-refractivity contribution is 7.99. The van der Waals surface area contributed by atoms with Crippen LogP contribution in [-0.2, 0) is 166 Å². The van der Waals surface area contributed by atoms with Crippen molar-refractivity contribution in [3.8, 4) is 0 Å². The number of nitrogens with one attached hydrogen (secondary N) is 2. The lowest BCUT2D eigenvalue weighted by atomic mass is 9.97. The van der Waals surface area contributed by atoms with E-state index in [0.29, 0.717) is 13.2 Å². The fraction of sp³-hybridized carbons (Fsp3) is 0.364. The summed E-state index contributed by atoms with van der Waals surface area (Å²) in [6, 6.07) is 107. The van der Waals surface area contributed by atoms with Gasteiger partial charge < -0.3 is 96.3 Å². The lowest BCUT2D eigenvalue weighted by molar-refractivity contribution is -0.335. The predicted octanol–water partition coefficient (Wildman–Crippen LogP) is 17.4. The Hall–Kier alpha value is -11.1. The second-order valence-corrected chi connectivity index (χ2v) is 34.5. The van der Waals surface area contributed by atoms with Crippen LogP contribution in [0.25, 0.3) is 0 Å². The van der Waals surface area contributed by atoms with Crippen molar-refractivity contribution in [2.45, 2.75) is 233 Å². The third-order valence-corrected chi connectivity index (χ3v) is 24.4. The Morgan fingerprint density at radius 3 is 0.825 bits per heavy atom. The summed E-state index contributed by atoms with van der Waals surface area (Å²) in [5.74, 6) is -1.60. The monoisotopic (exact) mass is 1890 g/mol. The number of benzene rings is 11. The molecule has 2 amide bonds.